The Kier molecular flexibility index (Phi) is 3.99. The van der Waals surface area contributed by atoms with Crippen LogP contribution in [0.2, 0.25) is 0 Å². The summed E-state index contributed by atoms with van der Waals surface area (Å²) < 4.78 is 56.0. The van der Waals surface area contributed by atoms with Crippen LogP contribution in [0.25, 0.3) is 10.1 Å². The molecule has 2 aromatic carbocycles. The zero-order chi connectivity index (χ0) is 17.5. The van der Waals surface area contributed by atoms with E-state index in [1.807, 2.05) is 6.07 Å². The topological polar surface area (TPSA) is 67.2 Å². The third kappa shape index (κ3) is 2.96. The predicted molar refractivity (Wildman–Crippen MR) is 86.1 cm³/mol. The van der Waals surface area contributed by atoms with E-state index >= 15 is 0 Å². The van der Waals surface area contributed by atoms with E-state index in [1.165, 1.54) is 18.2 Å². The van der Waals surface area contributed by atoms with E-state index < -0.39 is 21.5 Å². The number of nitrogens with zero attached hydrogens (tertiary/aromatic N) is 1. The molecular weight excluding hydrogens is 356 g/mol. The Morgan fingerprint density at radius 2 is 1.92 bits per heavy atom. The van der Waals surface area contributed by atoms with Gasteiger partial charge in [0.1, 0.15) is 16.8 Å². The summed E-state index contributed by atoms with van der Waals surface area (Å²) in [5, 5.41) is 9.73. The number of ether oxygens (including phenoxy) is 1. The molecule has 0 saturated heterocycles. The number of thiophene rings is 1. The van der Waals surface area contributed by atoms with Crippen molar-refractivity contribution in [3.63, 3.8) is 0 Å². The molecule has 3 aromatic rings. The first-order valence-corrected chi connectivity index (χ1v) is 9.30. The van der Waals surface area contributed by atoms with Crippen molar-refractivity contribution in [3.8, 4) is 17.6 Å². The van der Waals surface area contributed by atoms with Crippen molar-refractivity contribution < 1.29 is 21.9 Å². The average Bonchev–Trinajstić information content (AvgIpc) is 2.86. The van der Waals surface area contributed by atoms with E-state index in [0.717, 1.165) is 29.7 Å². The van der Waals surface area contributed by atoms with Crippen LogP contribution in [-0.4, -0.2) is 14.7 Å². The van der Waals surface area contributed by atoms with Gasteiger partial charge in [0.15, 0.2) is 27.2 Å². The second kappa shape index (κ2) is 5.85. The highest BCUT2D eigenvalue weighted by Gasteiger charge is 2.18. The second-order valence-electron chi connectivity index (χ2n) is 4.98. The monoisotopic (exact) mass is 365 g/mol. The van der Waals surface area contributed by atoms with Gasteiger partial charge in [0.2, 0.25) is 0 Å². The first kappa shape index (κ1) is 16.4. The number of fused-ring (bicyclic) bond motifs is 1. The number of hydrogen-bond donors (Lipinski definition) is 0. The molecule has 8 heteroatoms. The molecule has 0 aliphatic heterocycles. The molecule has 0 aliphatic carbocycles. The van der Waals surface area contributed by atoms with Crippen LogP contribution in [0.4, 0.5) is 8.78 Å². The lowest BCUT2D eigenvalue weighted by molar-refractivity contribution is 0.442. The summed E-state index contributed by atoms with van der Waals surface area (Å²) in [6.07, 6.45) is 1.08. The fraction of sp³-hybridized carbons (Fsp3) is 0.0625. The van der Waals surface area contributed by atoms with Crippen LogP contribution in [0.5, 0.6) is 11.5 Å². The van der Waals surface area contributed by atoms with Crippen LogP contribution in [0.15, 0.2) is 41.3 Å². The maximum absolute atomic E-state index is 13.8. The SMILES string of the molecule is CS(=O)(=O)c1ccc2c(Oc3ccc(F)cc3F)c(C#N)sc2c1. The molecule has 1 aromatic heterocycles. The average molecular weight is 365 g/mol. The summed E-state index contributed by atoms with van der Waals surface area (Å²) in [5.41, 5.74) is 0. The van der Waals surface area contributed by atoms with Crippen LogP contribution in [0.3, 0.4) is 0 Å². The number of rotatable bonds is 3. The van der Waals surface area contributed by atoms with E-state index in [-0.39, 0.29) is 21.3 Å². The fourth-order valence-corrected chi connectivity index (χ4v) is 3.82. The van der Waals surface area contributed by atoms with Gasteiger partial charge in [-0.25, -0.2) is 17.2 Å². The second-order valence-corrected chi connectivity index (χ2v) is 8.05. The molecule has 122 valence electrons. The summed E-state index contributed by atoms with van der Waals surface area (Å²) in [7, 11) is -3.39. The zero-order valence-corrected chi connectivity index (χ0v) is 13.8. The first-order chi connectivity index (χ1) is 11.3. The summed E-state index contributed by atoms with van der Waals surface area (Å²) in [6, 6.07) is 9.11. The van der Waals surface area contributed by atoms with Gasteiger partial charge in [0, 0.05) is 22.4 Å². The predicted octanol–water partition coefficient (Wildman–Crippen LogP) is 4.25. The standard InChI is InChI=1S/C16H9F2NO3S2/c1-24(20,21)10-3-4-11-14(7-10)23-15(8-19)16(11)22-13-5-2-9(17)6-12(13)18/h2-7H,1H3. The molecule has 1 heterocycles. The Hall–Kier alpha value is -2.50. The molecule has 3 rings (SSSR count). The third-order valence-electron chi connectivity index (χ3n) is 3.25. The lowest BCUT2D eigenvalue weighted by atomic mass is 10.2. The Morgan fingerprint density at radius 1 is 1.17 bits per heavy atom. The minimum atomic E-state index is -3.39. The minimum absolute atomic E-state index is 0.111. The largest absolute Gasteiger partial charge is 0.451 e. The normalized spacial score (nSPS) is 11.4. The van der Waals surface area contributed by atoms with Gasteiger partial charge < -0.3 is 4.74 Å². The number of hydrogen-bond acceptors (Lipinski definition) is 5. The number of benzene rings is 2. The number of sulfone groups is 1. The van der Waals surface area contributed by atoms with Crippen molar-refractivity contribution >= 4 is 31.3 Å². The molecule has 0 saturated carbocycles. The molecular formula is C16H9F2NO3S2. The fourth-order valence-electron chi connectivity index (χ4n) is 2.13. The summed E-state index contributed by atoms with van der Waals surface area (Å²) >= 11 is 1.04. The Balaban J connectivity index is 2.15. The molecule has 0 amide bonds. The van der Waals surface area contributed by atoms with Gasteiger partial charge in [-0.15, -0.1) is 11.3 Å². The van der Waals surface area contributed by atoms with Gasteiger partial charge in [-0.05, 0) is 30.3 Å². The lowest BCUT2D eigenvalue weighted by Crippen LogP contribution is -1.96. The van der Waals surface area contributed by atoms with Crippen molar-refractivity contribution in [1.82, 2.24) is 0 Å². The van der Waals surface area contributed by atoms with E-state index in [4.69, 9.17) is 4.74 Å². The molecule has 0 fully saturated rings. The molecule has 24 heavy (non-hydrogen) atoms. The van der Waals surface area contributed by atoms with Crippen molar-refractivity contribution in [2.75, 3.05) is 6.26 Å². The summed E-state index contributed by atoms with van der Waals surface area (Å²) in [4.78, 5) is 0.277. The van der Waals surface area contributed by atoms with E-state index in [1.54, 1.807) is 0 Å². The van der Waals surface area contributed by atoms with Gasteiger partial charge >= 0.3 is 0 Å². The molecule has 0 atom stereocenters. The highest BCUT2D eigenvalue weighted by Crippen LogP contribution is 2.41. The van der Waals surface area contributed by atoms with E-state index in [0.29, 0.717) is 16.2 Å². The summed E-state index contributed by atoms with van der Waals surface area (Å²) in [5.74, 6) is -1.75. The smallest absolute Gasteiger partial charge is 0.175 e. The third-order valence-corrected chi connectivity index (χ3v) is 5.40. The zero-order valence-electron chi connectivity index (χ0n) is 12.2. The van der Waals surface area contributed by atoms with Gasteiger partial charge in [0.05, 0.1) is 4.90 Å². The number of nitriles is 1. The van der Waals surface area contributed by atoms with Crippen LogP contribution < -0.4 is 4.74 Å². The maximum atomic E-state index is 13.8. The van der Waals surface area contributed by atoms with Crippen LogP contribution in [0, 0.1) is 23.0 Å². The Bertz CT molecular complexity index is 1100. The van der Waals surface area contributed by atoms with Crippen LogP contribution in [0.1, 0.15) is 4.88 Å². The minimum Gasteiger partial charge on any atom is -0.451 e. The van der Waals surface area contributed by atoms with Crippen molar-refractivity contribution in [2.24, 2.45) is 0 Å². The van der Waals surface area contributed by atoms with Gasteiger partial charge in [-0.1, -0.05) is 0 Å². The summed E-state index contributed by atoms with van der Waals surface area (Å²) in [6.45, 7) is 0. The van der Waals surface area contributed by atoms with E-state index in [2.05, 4.69) is 0 Å². The van der Waals surface area contributed by atoms with Crippen molar-refractivity contribution in [3.05, 3.63) is 52.9 Å². The van der Waals surface area contributed by atoms with Crippen LogP contribution in [-0.2, 0) is 9.84 Å². The highest BCUT2D eigenvalue weighted by molar-refractivity contribution is 7.90. The number of halogens is 2. The van der Waals surface area contributed by atoms with Gasteiger partial charge in [0.25, 0.3) is 0 Å². The van der Waals surface area contributed by atoms with Gasteiger partial charge in [-0.3, -0.25) is 0 Å². The molecule has 0 unspecified atom stereocenters. The Morgan fingerprint density at radius 3 is 2.54 bits per heavy atom. The molecule has 0 bridgehead atoms. The molecule has 4 nitrogen and oxygen atoms in total. The lowest BCUT2D eigenvalue weighted by Gasteiger charge is -2.06. The molecule has 0 aliphatic rings. The first-order valence-electron chi connectivity index (χ1n) is 6.59. The maximum Gasteiger partial charge on any atom is 0.175 e. The highest BCUT2D eigenvalue weighted by atomic mass is 32.2. The van der Waals surface area contributed by atoms with Crippen molar-refractivity contribution in [1.29, 1.82) is 5.26 Å². The van der Waals surface area contributed by atoms with Crippen LogP contribution >= 0.6 is 11.3 Å². The van der Waals surface area contributed by atoms with E-state index in [9.17, 15) is 22.5 Å². The Labute approximate surface area is 140 Å². The van der Waals surface area contributed by atoms with Gasteiger partial charge in [-0.2, -0.15) is 5.26 Å². The quantitative estimate of drug-likeness (QED) is 0.696. The van der Waals surface area contributed by atoms with Crippen molar-refractivity contribution in [2.45, 2.75) is 4.90 Å². The molecule has 0 N–H and O–H groups in total. The molecule has 0 radical (unpaired) electrons. The molecule has 0 spiro atoms.